The number of hydrogen-bond acceptors (Lipinski definition) is 1. The predicted octanol–water partition coefficient (Wildman–Crippen LogP) is 6.19. The van der Waals surface area contributed by atoms with Gasteiger partial charge < -0.3 is 4.74 Å². The molecule has 0 N–H and O–H groups in total. The Morgan fingerprint density at radius 2 is 1.55 bits per heavy atom. The number of rotatable bonds is 5. The normalized spacial score (nSPS) is 21.8. The molecule has 1 fully saturated rings. The quantitative estimate of drug-likeness (QED) is 0.623. The van der Waals surface area contributed by atoms with Crippen molar-refractivity contribution in [3.05, 3.63) is 29.8 Å². The SMILES string of the molecule is CC.CCCC1CCC(c2ccc(OCC)cc2)CC1. The van der Waals surface area contributed by atoms with E-state index in [-0.39, 0.29) is 0 Å². The number of benzene rings is 1. The van der Waals surface area contributed by atoms with Crippen LogP contribution in [0.4, 0.5) is 0 Å². The summed E-state index contributed by atoms with van der Waals surface area (Å²) < 4.78 is 5.50. The van der Waals surface area contributed by atoms with E-state index in [0.29, 0.717) is 0 Å². The Morgan fingerprint density at radius 1 is 0.950 bits per heavy atom. The Hall–Kier alpha value is -0.980. The van der Waals surface area contributed by atoms with Crippen molar-refractivity contribution in [2.24, 2.45) is 5.92 Å². The lowest BCUT2D eigenvalue weighted by atomic mass is 9.77. The van der Waals surface area contributed by atoms with Crippen LogP contribution in [0.2, 0.25) is 0 Å². The molecule has 0 saturated heterocycles. The second-order valence-electron chi connectivity index (χ2n) is 5.51. The standard InChI is InChI=1S/C17H26O.C2H6/c1-3-5-14-6-8-15(9-7-14)16-10-12-17(13-11-16)18-4-2;1-2/h10-15H,3-9H2,1-2H3;1-2H3. The van der Waals surface area contributed by atoms with Crippen LogP contribution in [0.3, 0.4) is 0 Å². The lowest BCUT2D eigenvalue weighted by Gasteiger charge is -2.28. The van der Waals surface area contributed by atoms with Gasteiger partial charge in [-0.2, -0.15) is 0 Å². The van der Waals surface area contributed by atoms with E-state index >= 15 is 0 Å². The summed E-state index contributed by atoms with van der Waals surface area (Å²) in [4.78, 5) is 0. The van der Waals surface area contributed by atoms with E-state index in [1.807, 2.05) is 20.8 Å². The maximum atomic E-state index is 5.50. The van der Waals surface area contributed by atoms with Gasteiger partial charge in [0.15, 0.2) is 0 Å². The molecule has 0 unspecified atom stereocenters. The van der Waals surface area contributed by atoms with Gasteiger partial charge >= 0.3 is 0 Å². The second kappa shape index (κ2) is 9.85. The van der Waals surface area contributed by atoms with Gasteiger partial charge in [0.25, 0.3) is 0 Å². The molecule has 1 aromatic carbocycles. The summed E-state index contributed by atoms with van der Waals surface area (Å²) in [7, 11) is 0. The molecule has 0 aliphatic heterocycles. The Morgan fingerprint density at radius 3 is 2.05 bits per heavy atom. The highest BCUT2D eigenvalue weighted by Gasteiger charge is 2.21. The zero-order valence-corrected chi connectivity index (χ0v) is 13.8. The van der Waals surface area contributed by atoms with Gasteiger partial charge in [-0.3, -0.25) is 0 Å². The third kappa shape index (κ3) is 5.19. The first-order chi connectivity index (χ1) is 9.83. The fourth-order valence-corrected chi connectivity index (χ4v) is 3.20. The zero-order chi connectivity index (χ0) is 14.8. The molecule has 0 spiro atoms. The molecule has 0 heterocycles. The molecule has 0 radical (unpaired) electrons. The summed E-state index contributed by atoms with van der Waals surface area (Å²) >= 11 is 0. The molecule has 1 aliphatic rings. The Kier molecular flexibility index (Phi) is 8.41. The van der Waals surface area contributed by atoms with Gasteiger partial charge in [0.05, 0.1) is 6.61 Å². The molecule has 114 valence electrons. The van der Waals surface area contributed by atoms with Gasteiger partial charge in [-0.25, -0.2) is 0 Å². The summed E-state index contributed by atoms with van der Waals surface area (Å²) in [5, 5.41) is 0. The largest absolute Gasteiger partial charge is 0.494 e. The van der Waals surface area contributed by atoms with E-state index in [1.54, 1.807) is 0 Å². The van der Waals surface area contributed by atoms with Crippen LogP contribution in [0, 0.1) is 5.92 Å². The number of hydrogen-bond donors (Lipinski definition) is 0. The van der Waals surface area contributed by atoms with Gasteiger partial charge in [-0.05, 0) is 62.1 Å². The third-order valence-corrected chi connectivity index (χ3v) is 4.21. The molecule has 1 heteroatoms. The molecule has 1 aromatic rings. The fourth-order valence-electron chi connectivity index (χ4n) is 3.20. The van der Waals surface area contributed by atoms with Crippen LogP contribution in [0.1, 0.15) is 77.7 Å². The van der Waals surface area contributed by atoms with Crippen molar-refractivity contribution < 1.29 is 4.74 Å². The van der Waals surface area contributed by atoms with Crippen molar-refractivity contribution in [2.75, 3.05) is 6.61 Å². The van der Waals surface area contributed by atoms with Crippen LogP contribution >= 0.6 is 0 Å². The zero-order valence-electron chi connectivity index (χ0n) is 13.8. The summed E-state index contributed by atoms with van der Waals surface area (Å²) in [6.45, 7) is 9.09. The molecule has 0 atom stereocenters. The first-order valence-corrected chi connectivity index (χ1v) is 8.56. The smallest absolute Gasteiger partial charge is 0.119 e. The van der Waals surface area contributed by atoms with Gasteiger partial charge in [-0.15, -0.1) is 0 Å². The van der Waals surface area contributed by atoms with Gasteiger partial charge in [0, 0.05) is 0 Å². The molecule has 1 saturated carbocycles. The summed E-state index contributed by atoms with van der Waals surface area (Å²) in [5.41, 5.74) is 1.51. The molecule has 1 nitrogen and oxygen atoms in total. The molecule has 0 bridgehead atoms. The van der Waals surface area contributed by atoms with Crippen LogP contribution in [0.5, 0.6) is 5.75 Å². The van der Waals surface area contributed by atoms with Crippen molar-refractivity contribution >= 4 is 0 Å². The highest BCUT2D eigenvalue weighted by atomic mass is 16.5. The maximum Gasteiger partial charge on any atom is 0.119 e. The Balaban J connectivity index is 0.000000956. The minimum absolute atomic E-state index is 0.751. The van der Waals surface area contributed by atoms with E-state index in [2.05, 4.69) is 31.2 Å². The fraction of sp³-hybridized carbons (Fsp3) is 0.684. The van der Waals surface area contributed by atoms with Crippen molar-refractivity contribution in [3.8, 4) is 5.75 Å². The van der Waals surface area contributed by atoms with Crippen molar-refractivity contribution in [1.29, 1.82) is 0 Å². The lowest BCUT2D eigenvalue weighted by Crippen LogP contribution is -2.13. The molecule has 1 aliphatic carbocycles. The van der Waals surface area contributed by atoms with Crippen molar-refractivity contribution in [2.45, 2.75) is 72.1 Å². The predicted molar refractivity (Wildman–Crippen MR) is 88.6 cm³/mol. The van der Waals surface area contributed by atoms with Crippen molar-refractivity contribution in [3.63, 3.8) is 0 Å². The topological polar surface area (TPSA) is 9.23 Å². The molecular formula is C19H32O. The summed E-state index contributed by atoms with van der Waals surface area (Å²) in [6, 6.07) is 8.76. The third-order valence-electron chi connectivity index (χ3n) is 4.21. The van der Waals surface area contributed by atoms with Crippen LogP contribution < -0.4 is 4.74 Å². The van der Waals surface area contributed by atoms with Gasteiger partial charge in [0.1, 0.15) is 5.75 Å². The average Bonchev–Trinajstić information content (AvgIpc) is 2.52. The van der Waals surface area contributed by atoms with Crippen LogP contribution in [-0.2, 0) is 0 Å². The molecular weight excluding hydrogens is 244 g/mol. The van der Waals surface area contributed by atoms with E-state index < -0.39 is 0 Å². The van der Waals surface area contributed by atoms with E-state index in [4.69, 9.17) is 4.74 Å². The minimum Gasteiger partial charge on any atom is -0.494 e. The molecule has 20 heavy (non-hydrogen) atoms. The average molecular weight is 276 g/mol. The first kappa shape index (κ1) is 17.1. The maximum absolute atomic E-state index is 5.50. The second-order valence-corrected chi connectivity index (χ2v) is 5.51. The lowest BCUT2D eigenvalue weighted by molar-refractivity contribution is 0.308. The molecule has 2 rings (SSSR count). The Bertz CT molecular complexity index is 333. The number of ether oxygens (including phenoxy) is 1. The van der Waals surface area contributed by atoms with Gasteiger partial charge in [0.2, 0.25) is 0 Å². The van der Waals surface area contributed by atoms with Crippen LogP contribution in [0.15, 0.2) is 24.3 Å². The summed E-state index contributed by atoms with van der Waals surface area (Å²) in [5.74, 6) is 2.78. The van der Waals surface area contributed by atoms with Crippen LogP contribution in [-0.4, -0.2) is 6.61 Å². The molecule has 0 amide bonds. The highest BCUT2D eigenvalue weighted by Crippen LogP contribution is 2.37. The van der Waals surface area contributed by atoms with E-state index in [0.717, 1.165) is 24.2 Å². The minimum atomic E-state index is 0.751. The highest BCUT2D eigenvalue weighted by molar-refractivity contribution is 5.29. The Labute approximate surface area is 125 Å². The van der Waals surface area contributed by atoms with E-state index in [9.17, 15) is 0 Å². The first-order valence-electron chi connectivity index (χ1n) is 8.56. The van der Waals surface area contributed by atoms with E-state index in [1.165, 1.54) is 44.1 Å². The summed E-state index contributed by atoms with van der Waals surface area (Å²) in [6.07, 6.45) is 8.36. The molecule has 0 aromatic heterocycles. The van der Waals surface area contributed by atoms with Crippen molar-refractivity contribution in [1.82, 2.24) is 0 Å². The van der Waals surface area contributed by atoms with Crippen LogP contribution in [0.25, 0.3) is 0 Å². The monoisotopic (exact) mass is 276 g/mol. The van der Waals surface area contributed by atoms with Gasteiger partial charge in [-0.1, -0.05) is 45.7 Å².